The van der Waals surface area contributed by atoms with Crippen molar-refractivity contribution in [2.45, 2.75) is 53.1 Å². The number of piperazine rings is 1. The van der Waals surface area contributed by atoms with Crippen molar-refractivity contribution in [3.05, 3.63) is 53.9 Å². The van der Waals surface area contributed by atoms with E-state index in [1.165, 1.54) is 0 Å². The zero-order chi connectivity index (χ0) is 25.0. The second-order valence-corrected chi connectivity index (χ2v) is 10.3. The van der Waals surface area contributed by atoms with Crippen molar-refractivity contribution in [2.24, 2.45) is 0 Å². The number of aromatic nitrogens is 2. The Balaban J connectivity index is 1.42. The molecule has 0 unspecified atom stereocenters. The number of nitrogens with one attached hydrogen (secondary N) is 1. The molecule has 3 aromatic rings. The van der Waals surface area contributed by atoms with E-state index in [9.17, 15) is 4.79 Å². The standard InChI is InChI=1S/C28H39N5O2/c1-6-31-14-16-32(17-15-31)19-26-30-23-18-21(12-13-24(23)33(26)7-2)29-27(34)20-35-25-11-9-8-10-22(25)28(3,4)5/h8-13,18H,6-7,14-17,19-20H2,1-5H3,(H,29,34). The van der Waals surface area contributed by atoms with Crippen LogP contribution in [0, 0.1) is 0 Å². The number of hydrogen-bond donors (Lipinski definition) is 1. The molecule has 0 aliphatic carbocycles. The average Bonchev–Trinajstić information content (AvgIpc) is 3.18. The van der Waals surface area contributed by atoms with Gasteiger partial charge < -0.3 is 19.5 Å². The summed E-state index contributed by atoms with van der Waals surface area (Å²) in [6.07, 6.45) is 0. The van der Waals surface area contributed by atoms with Crippen LogP contribution in [-0.2, 0) is 23.3 Å². The highest BCUT2D eigenvalue weighted by Crippen LogP contribution is 2.31. The van der Waals surface area contributed by atoms with E-state index in [1.54, 1.807) is 0 Å². The number of aryl methyl sites for hydroxylation is 1. The molecule has 1 aliphatic heterocycles. The number of para-hydroxylation sites is 1. The molecule has 0 radical (unpaired) electrons. The van der Waals surface area contributed by atoms with E-state index in [2.05, 4.69) is 60.4 Å². The van der Waals surface area contributed by atoms with E-state index in [-0.39, 0.29) is 17.9 Å². The Kier molecular flexibility index (Phi) is 7.77. The summed E-state index contributed by atoms with van der Waals surface area (Å²) >= 11 is 0. The third-order valence-corrected chi connectivity index (χ3v) is 6.76. The molecule has 0 bridgehead atoms. The number of rotatable bonds is 8. The Labute approximate surface area is 209 Å². The van der Waals surface area contributed by atoms with E-state index in [1.807, 2.05) is 36.4 Å². The molecule has 188 valence electrons. The van der Waals surface area contributed by atoms with E-state index in [0.717, 1.165) is 79.7 Å². The molecule has 7 heteroatoms. The third kappa shape index (κ3) is 6.03. The number of carbonyl (C=O) groups excluding carboxylic acids is 1. The number of amides is 1. The Morgan fingerprint density at radius 3 is 2.40 bits per heavy atom. The van der Waals surface area contributed by atoms with Gasteiger partial charge >= 0.3 is 0 Å². The first-order valence-electron chi connectivity index (χ1n) is 12.7. The van der Waals surface area contributed by atoms with Gasteiger partial charge in [-0.05, 0) is 48.7 Å². The summed E-state index contributed by atoms with van der Waals surface area (Å²) in [6.45, 7) is 18.0. The first kappa shape index (κ1) is 25.2. The SMILES string of the molecule is CCN1CCN(Cc2nc3cc(NC(=O)COc4ccccc4C(C)(C)C)ccc3n2CC)CC1. The van der Waals surface area contributed by atoms with Gasteiger partial charge in [0.1, 0.15) is 11.6 Å². The summed E-state index contributed by atoms with van der Waals surface area (Å²) in [4.78, 5) is 22.6. The number of benzene rings is 2. The van der Waals surface area contributed by atoms with Crippen molar-refractivity contribution in [2.75, 3.05) is 44.6 Å². The van der Waals surface area contributed by atoms with Crippen LogP contribution < -0.4 is 10.1 Å². The fourth-order valence-electron chi connectivity index (χ4n) is 4.75. The summed E-state index contributed by atoms with van der Waals surface area (Å²) < 4.78 is 8.16. The minimum absolute atomic E-state index is 0.0382. The number of carbonyl (C=O) groups is 1. The van der Waals surface area contributed by atoms with Crippen LogP contribution in [0.5, 0.6) is 5.75 Å². The molecular weight excluding hydrogens is 438 g/mol. The summed E-state index contributed by atoms with van der Waals surface area (Å²) in [5, 5.41) is 2.97. The molecule has 1 saturated heterocycles. The van der Waals surface area contributed by atoms with Gasteiger partial charge in [0.2, 0.25) is 0 Å². The van der Waals surface area contributed by atoms with Gasteiger partial charge in [-0.15, -0.1) is 0 Å². The minimum Gasteiger partial charge on any atom is -0.483 e. The maximum Gasteiger partial charge on any atom is 0.262 e. The van der Waals surface area contributed by atoms with Crippen LogP contribution in [0.4, 0.5) is 5.69 Å². The van der Waals surface area contributed by atoms with Gasteiger partial charge in [-0.25, -0.2) is 4.98 Å². The molecule has 4 rings (SSSR count). The maximum absolute atomic E-state index is 12.7. The first-order chi connectivity index (χ1) is 16.8. The summed E-state index contributed by atoms with van der Waals surface area (Å²) in [5.74, 6) is 1.65. The second-order valence-electron chi connectivity index (χ2n) is 10.3. The lowest BCUT2D eigenvalue weighted by atomic mass is 9.86. The van der Waals surface area contributed by atoms with Crippen LogP contribution in [-0.4, -0.2) is 64.6 Å². The average molecular weight is 478 g/mol. The van der Waals surface area contributed by atoms with Gasteiger partial charge in [0.15, 0.2) is 6.61 Å². The molecule has 35 heavy (non-hydrogen) atoms. The molecule has 2 heterocycles. The van der Waals surface area contributed by atoms with Gasteiger partial charge in [0, 0.05) is 38.4 Å². The normalized spacial score (nSPS) is 15.5. The molecule has 1 N–H and O–H groups in total. The molecule has 1 amide bonds. The van der Waals surface area contributed by atoms with Crippen molar-refractivity contribution in [3.63, 3.8) is 0 Å². The first-order valence-corrected chi connectivity index (χ1v) is 12.7. The molecule has 7 nitrogen and oxygen atoms in total. The molecule has 2 aromatic carbocycles. The van der Waals surface area contributed by atoms with Crippen LogP contribution in [0.25, 0.3) is 11.0 Å². The van der Waals surface area contributed by atoms with Gasteiger partial charge in [0.05, 0.1) is 17.6 Å². The number of ether oxygens (including phenoxy) is 1. The summed E-state index contributed by atoms with van der Waals surface area (Å²) in [7, 11) is 0. The second kappa shape index (κ2) is 10.8. The van der Waals surface area contributed by atoms with Crippen LogP contribution in [0.2, 0.25) is 0 Å². The Bertz CT molecular complexity index is 1160. The minimum atomic E-state index is -0.183. The Morgan fingerprint density at radius 1 is 1.00 bits per heavy atom. The number of likely N-dealkylation sites (N-methyl/N-ethyl adjacent to an activating group) is 1. The van der Waals surface area contributed by atoms with Gasteiger partial charge in [-0.3, -0.25) is 9.69 Å². The summed E-state index contributed by atoms with van der Waals surface area (Å²) in [5.41, 5.74) is 3.77. The zero-order valence-electron chi connectivity index (χ0n) is 21.8. The Morgan fingerprint density at radius 2 is 1.71 bits per heavy atom. The monoisotopic (exact) mass is 477 g/mol. The van der Waals surface area contributed by atoms with Crippen molar-refractivity contribution in [1.29, 1.82) is 0 Å². The topological polar surface area (TPSA) is 62.6 Å². The van der Waals surface area contributed by atoms with E-state index in [4.69, 9.17) is 9.72 Å². The van der Waals surface area contributed by atoms with Crippen LogP contribution in [0.1, 0.15) is 46.0 Å². The highest BCUT2D eigenvalue weighted by molar-refractivity contribution is 5.94. The van der Waals surface area contributed by atoms with E-state index >= 15 is 0 Å². The molecule has 1 fully saturated rings. The van der Waals surface area contributed by atoms with Crippen LogP contribution >= 0.6 is 0 Å². The lowest BCUT2D eigenvalue weighted by Gasteiger charge is -2.33. The van der Waals surface area contributed by atoms with Crippen molar-refractivity contribution < 1.29 is 9.53 Å². The highest BCUT2D eigenvalue weighted by Gasteiger charge is 2.20. The molecule has 1 aromatic heterocycles. The third-order valence-electron chi connectivity index (χ3n) is 6.76. The number of fused-ring (bicyclic) bond motifs is 1. The largest absolute Gasteiger partial charge is 0.483 e. The quantitative estimate of drug-likeness (QED) is 0.517. The predicted octanol–water partition coefficient (Wildman–Crippen LogP) is 4.51. The predicted molar refractivity (Wildman–Crippen MR) is 142 cm³/mol. The van der Waals surface area contributed by atoms with Gasteiger partial charge in [0.25, 0.3) is 5.91 Å². The fraction of sp³-hybridized carbons (Fsp3) is 0.500. The fourth-order valence-corrected chi connectivity index (χ4v) is 4.75. The summed E-state index contributed by atoms with van der Waals surface area (Å²) in [6, 6.07) is 13.9. The number of nitrogens with zero attached hydrogens (tertiary/aromatic N) is 4. The molecule has 0 saturated carbocycles. The van der Waals surface area contributed by atoms with Crippen molar-refractivity contribution >= 4 is 22.6 Å². The smallest absolute Gasteiger partial charge is 0.262 e. The highest BCUT2D eigenvalue weighted by atomic mass is 16.5. The van der Waals surface area contributed by atoms with E-state index in [0.29, 0.717) is 0 Å². The molecule has 0 spiro atoms. The molecule has 1 aliphatic rings. The van der Waals surface area contributed by atoms with Gasteiger partial charge in [-0.1, -0.05) is 45.9 Å². The van der Waals surface area contributed by atoms with Crippen LogP contribution in [0.15, 0.2) is 42.5 Å². The lowest BCUT2D eigenvalue weighted by molar-refractivity contribution is -0.118. The Hall–Kier alpha value is -2.90. The molecular formula is C28H39N5O2. The van der Waals surface area contributed by atoms with Crippen LogP contribution in [0.3, 0.4) is 0 Å². The molecule has 0 atom stereocenters. The number of hydrogen-bond acceptors (Lipinski definition) is 5. The maximum atomic E-state index is 12.7. The van der Waals surface area contributed by atoms with E-state index < -0.39 is 0 Å². The van der Waals surface area contributed by atoms with Crippen molar-refractivity contribution in [1.82, 2.24) is 19.4 Å². The number of imidazole rings is 1. The lowest BCUT2D eigenvalue weighted by Crippen LogP contribution is -2.45. The van der Waals surface area contributed by atoms with Crippen molar-refractivity contribution in [3.8, 4) is 5.75 Å². The zero-order valence-corrected chi connectivity index (χ0v) is 21.8. The van der Waals surface area contributed by atoms with Gasteiger partial charge in [-0.2, -0.15) is 0 Å². The number of anilines is 1.